The molecule has 2 aliphatic heterocycles. The topological polar surface area (TPSA) is 63.4 Å². The Bertz CT molecular complexity index is 410. The molecule has 2 unspecified atom stereocenters. The van der Waals surface area contributed by atoms with E-state index in [1.165, 1.54) is 4.31 Å². The number of nitrogens with zero attached hydrogens (tertiary/aromatic N) is 1. The third kappa shape index (κ3) is 3.61. The van der Waals surface area contributed by atoms with Gasteiger partial charge < -0.3 is 5.73 Å². The van der Waals surface area contributed by atoms with Crippen LogP contribution in [0.1, 0.15) is 38.5 Å². The Morgan fingerprint density at radius 1 is 1.16 bits per heavy atom. The van der Waals surface area contributed by atoms with Crippen molar-refractivity contribution in [1.82, 2.24) is 4.31 Å². The highest BCUT2D eigenvalue weighted by Crippen LogP contribution is 2.37. The van der Waals surface area contributed by atoms with Crippen molar-refractivity contribution >= 4 is 10.0 Å². The van der Waals surface area contributed by atoms with Gasteiger partial charge in [-0.15, -0.1) is 0 Å². The average Bonchev–Trinajstić information content (AvgIpc) is 2.50. The number of hydrogen-bond donors (Lipinski definition) is 1. The molecule has 0 radical (unpaired) electrons. The first kappa shape index (κ1) is 15.1. The Labute approximate surface area is 111 Å². The number of halogens is 3. The van der Waals surface area contributed by atoms with Crippen LogP contribution in [0.5, 0.6) is 0 Å². The molecule has 0 aromatic rings. The number of sulfonamides is 1. The molecule has 0 aliphatic carbocycles. The molecule has 2 saturated heterocycles. The van der Waals surface area contributed by atoms with Crippen LogP contribution in [0.15, 0.2) is 0 Å². The molecular formula is C11H19F3N2O2S. The van der Waals surface area contributed by atoms with Gasteiger partial charge in [0.1, 0.15) is 0 Å². The SMILES string of the molecule is NC1CC2CCC(C1)N2S(=O)(=O)CCCC(F)(F)F. The van der Waals surface area contributed by atoms with E-state index in [0.717, 1.165) is 12.8 Å². The lowest BCUT2D eigenvalue weighted by molar-refractivity contribution is -0.134. The Morgan fingerprint density at radius 2 is 1.68 bits per heavy atom. The van der Waals surface area contributed by atoms with Crippen molar-refractivity contribution in [2.45, 2.75) is 62.8 Å². The molecule has 2 rings (SSSR count). The van der Waals surface area contributed by atoms with E-state index < -0.39 is 28.4 Å². The second kappa shape index (κ2) is 5.21. The van der Waals surface area contributed by atoms with E-state index in [2.05, 4.69) is 0 Å². The van der Waals surface area contributed by atoms with Crippen molar-refractivity contribution in [3.05, 3.63) is 0 Å². The first-order valence-electron chi connectivity index (χ1n) is 6.52. The minimum atomic E-state index is -4.29. The summed E-state index contributed by atoms with van der Waals surface area (Å²) in [5.74, 6) is -0.422. The summed E-state index contributed by atoms with van der Waals surface area (Å²) in [6.07, 6.45) is -2.92. The van der Waals surface area contributed by atoms with Gasteiger partial charge in [0.05, 0.1) is 5.75 Å². The summed E-state index contributed by atoms with van der Waals surface area (Å²) in [5, 5.41) is 0. The van der Waals surface area contributed by atoms with Crippen LogP contribution < -0.4 is 5.73 Å². The van der Waals surface area contributed by atoms with Crippen molar-refractivity contribution in [2.24, 2.45) is 5.73 Å². The van der Waals surface area contributed by atoms with Crippen LogP contribution in [0.4, 0.5) is 13.2 Å². The molecule has 2 heterocycles. The van der Waals surface area contributed by atoms with Gasteiger partial charge in [-0.2, -0.15) is 17.5 Å². The van der Waals surface area contributed by atoms with E-state index in [-0.39, 0.29) is 24.5 Å². The van der Waals surface area contributed by atoms with Crippen LogP contribution in [0.25, 0.3) is 0 Å². The Balaban J connectivity index is 1.97. The highest BCUT2D eigenvalue weighted by Gasteiger charge is 2.45. The monoisotopic (exact) mass is 300 g/mol. The van der Waals surface area contributed by atoms with Crippen molar-refractivity contribution in [1.29, 1.82) is 0 Å². The van der Waals surface area contributed by atoms with Crippen LogP contribution in [-0.4, -0.2) is 42.8 Å². The normalized spacial score (nSPS) is 32.7. The van der Waals surface area contributed by atoms with E-state index in [1.807, 2.05) is 0 Å². The minimum Gasteiger partial charge on any atom is -0.328 e. The fourth-order valence-corrected chi connectivity index (χ4v) is 5.20. The standard InChI is InChI=1S/C11H19F3N2O2S/c12-11(13,14)4-1-5-19(17,18)16-9-2-3-10(16)7-8(15)6-9/h8-10H,1-7,15H2. The van der Waals surface area contributed by atoms with Crippen molar-refractivity contribution < 1.29 is 21.6 Å². The van der Waals surface area contributed by atoms with Crippen LogP contribution in [0.2, 0.25) is 0 Å². The molecule has 2 aliphatic rings. The van der Waals surface area contributed by atoms with Gasteiger partial charge in [0.25, 0.3) is 0 Å². The molecule has 0 aromatic carbocycles. The van der Waals surface area contributed by atoms with E-state index in [9.17, 15) is 21.6 Å². The Kier molecular flexibility index (Phi) is 4.13. The number of rotatable bonds is 4. The molecule has 0 amide bonds. The van der Waals surface area contributed by atoms with Gasteiger partial charge in [-0.25, -0.2) is 8.42 Å². The number of alkyl halides is 3. The highest BCUT2D eigenvalue weighted by molar-refractivity contribution is 7.89. The third-order valence-electron chi connectivity index (χ3n) is 3.89. The molecule has 2 N–H and O–H groups in total. The third-order valence-corrected chi connectivity index (χ3v) is 5.93. The molecule has 4 nitrogen and oxygen atoms in total. The summed E-state index contributed by atoms with van der Waals surface area (Å²) in [4.78, 5) is 0. The Morgan fingerprint density at radius 3 is 2.16 bits per heavy atom. The molecule has 19 heavy (non-hydrogen) atoms. The first-order chi connectivity index (χ1) is 8.69. The number of piperidine rings is 1. The van der Waals surface area contributed by atoms with Gasteiger partial charge in [-0.3, -0.25) is 0 Å². The fourth-order valence-electron chi connectivity index (χ4n) is 3.19. The minimum absolute atomic E-state index is 0.0131. The summed E-state index contributed by atoms with van der Waals surface area (Å²) < 4.78 is 61.9. The van der Waals surface area contributed by atoms with E-state index >= 15 is 0 Å². The lowest BCUT2D eigenvalue weighted by Gasteiger charge is -2.36. The highest BCUT2D eigenvalue weighted by atomic mass is 32.2. The molecule has 2 fully saturated rings. The van der Waals surface area contributed by atoms with Crippen LogP contribution >= 0.6 is 0 Å². The maximum Gasteiger partial charge on any atom is 0.389 e. The van der Waals surface area contributed by atoms with Crippen molar-refractivity contribution in [2.75, 3.05) is 5.75 Å². The molecule has 0 spiro atoms. The molecule has 112 valence electrons. The summed E-state index contributed by atoms with van der Waals surface area (Å²) >= 11 is 0. The molecule has 0 aromatic heterocycles. The predicted molar refractivity (Wildman–Crippen MR) is 64.9 cm³/mol. The number of fused-ring (bicyclic) bond motifs is 2. The zero-order valence-electron chi connectivity index (χ0n) is 10.6. The van der Waals surface area contributed by atoms with Gasteiger partial charge in [0.2, 0.25) is 10.0 Å². The Hall–Kier alpha value is -0.340. The van der Waals surface area contributed by atoms with Gasteiger partial charge in [0, 0.05) is 24.5 Å². The van der Waals surface area contributed by atoms with Gasteiger partial charge >= 0.3 is 6.18 Å². The van der Waals surface area contributed by atoms with Crippen LogP contribution in [0, 0.1) is 0 Å². The van der Waals surface area contributed by atoms with Gasteiger partial charge in [0.15, 0.2) is 0 Å². The second-order valence-corrected chi connectivity index (χ2v) is 7.47. The quantitative estimate of drug-likeness (QED) is 0.858. The summed E-state index contributed by atoms with van der Waals surface area (Å²) in [6.45, 7) is 0. The summed E-state index contributed by atoms with van der Waals surface area (Å²) in [7, 11) is -3.59. The smallest absolute Gasteiger partial charge is 0.328 e. The molecule has 8 heteroatoms. The maximum atomic E-state index is 12.2. The molecular weight excluding hydrogens is 281 g/mol. The number of nitrogens with two attached hydrogens (primary N) is 1. The fraction of sp³-hybridized carbons (Fsp3) is 1.00. The van der Waals surface area contributed by atoms with Crippen molar-refractivity contribution in [3.8, 4) is 0 Å². The lowest BCUT2D eigenvalue weighted by Crippen LogP contribution is -2.50. The summed E-state index contributed by atoms with van der Waals surface area (Å²) in [5.41, 5.74) is 5.85. The first-order valence-corrected chi connectivity index (χ1v) is 8.13. The zero-order chi connectivity index (χ0) is 14.3. The zero-order valence-corrected chi connectivity index (χ0v) is 11.4. The number of hydrogen-bond acceptors (Lipinski definition) is 3. The van der Waals surface area contributed by atoms with Crippen molar-refractivity contribution in [3.63, 3.8) is 0 Å². The largest absolute Gasteiger partial charge is 0.389 e. The second-order valence-electron chi connectivity index (χ2n) is 5.48. The van der Waals surface area contributed by atoms with Crippen LogP contribution in [0.3, 0.4) is 0 Å². The van der Waals surface area contributed by atoms with Gasteiger partial charge in [-0.05, 0) is 32.1 Å². The average molecular weight is 300 g/mol. The van der Waals surface area contributed by atoms with Gasteiger partial charge in [-0.1, -0.05) is 0 Å². The van der Waals surface area contributed by atoms with E-state index in [4.69, 9.17) is 5.73 Å². The van der Waals surface area contributed by atoms with Crippen LogP contribution in [-0.2, 0) is 10.0 Å². The molecule has 2 atom stereocenters. The molecule has 0 saturated carbocycles. The summed E-state index contributed by atoms with van der Waals surface area (Å²) in [6, 6.07) is -0.201. The van der Waals surface area contributed by atoms with E-state index in [0.29, 0.717) is 12.8 Å². The van der Waals surface area contributed by atoms with E-state index in [1.54, 1.807) is 0 Å². The lowest BCUT2D eigenvalue weighted by atomic mass is 10.0. The maximum absolute atomic E-state index is 12.2. The predicted octanol–water partition coefficient (Wildman–Crippen LogP) is 1.61. The molecule has 2 bridgehead atoms.